The highest BCUT2D eigenvalue weighted by Crippen LogP contribution is 1.82. The number of nitrogens with two attached hydrogens (primary N) is 1. The number of nitrogens with zero attached hydrogens (tertiary/aromatic N) is 1. The Bertz CT molecular complexity index is 235. The van der Waals surface area contributed by atoms with Crippen molar-refractivity contribution >= 4 is 18.3 Å². The van der Waals surface area contributed by atoms with E-state index < -0.39 is 0 Å². The van der Waals surface area contributed by atoms with E-state index in [9.17, 15) is 4.79 Å². The van der Waals surface area contributed by atoms with E-state index in [2.05, 4.69) is 11.2 Å². The van der Waals surface area contributed by atoms with Crippen molar-refractivity contribution in [1.82, 2.24) is 10.2 Å². The number of halogens is 1. The molecule has 0 aliphatic heterocycles. The maximum absolute atomic E-state index is 11.0. The molecule has 1 amide bonds. The molecule has 0 aliphatic rings. The molecule has 0 spiro atoms. The number of rotatable bonds is 6. The van der Waals surface area contributed by atoms with Gasteiger partial charge < -0.3 is 11.1 Å². The molecule has 0 atom stereocenters. The van der Waals surface area contributed by atoms with Gasteiger partial charge in [-0.25, -0.2) is 0 Å². The number of carbonyl (C=O) groups excluding carboxylic acids is 1. The summed E-state index contributed by atoms with van der Waals surface area (Å²) >= 11 is 0. The normalized spacial score (nSPS) is 9.73. The SMILES string of the molecule is C#CCN(C)C/C=C/C(=O)NCCN.Cl. The van der Waals surface area contributed by atoms with Crippen molar-refractivity contribution in [2.24, 2.45) is 5.73 Å². The molecule has 0 heterocycles. The quantitative estimate of drug-likeness (QED) is 0.483. The molecule has 0 saturated carbocycles. The molecule has 0 unspecified atom stereocenters. The summed E-state index contributed by atoms with van der Waals surface area (Å²) in [4.78, 5) is 13.0. The zero-order valence-corrected chi connectivity index (χ0v) is 9.72. The molecule has 4 nitrogen and oxygen atoms in total. The van der Waals surface area contributed by atoms with Gasteiger partial charge in [-0.05, 0) is 7.05 Å². The molecule has 0 bridgehead atoms. The summed E-state index contributed by atoms with van der Waals surface area (Å²) in [5, 5.41) is 2.63. The van der Waals surface area contributed by atoms with E-state index in [1.807, 2.05) is 11.9 Å². The van der Waals surface area contributed by atoms with Crippen LogP contribution in [0.4, 0.5) is 0 Å². The first-order valence-electron chi connectivity index (χ1n) is 4.47. The Morgan fingerprint density at radius 3 is 2.87 bits per heavy atom. The zero-order chi connectivity index (χ0) is 10.8. The molecule has 0 saturated heterocycles. The van der Waals surface area contributed by atoms with Gasteiger partial charge in [0.05, 0.1) is 6.54 Å². The lowest BCUT2D eigenvalue weighted by atomic mass is 10.4. The third-order valence-electron chi connectivity index (χ3n) is 1.49. The fourth-order valence-corrected chi connectivity index (χ4v) is 0.814. The highest BCUT2D eigenvalue weighted by molar-refractivity contribution is 5.87. The van der Waals surface area contributed by atoms with Gasteiger partial charge in [-0.3, -0.25) is 9.69 Å². The van der Waals surface area contributed by atoms with Crippen molar-refractivity contribution in [2.75, 3.05) is 33.2 Å². The van der Waals surface area contributed by atoms with Crippen LogP contribution in [0.5, 0.6) is 0 Å². The molecule has 0 aromatic rings. The van der Waals surface area contributed by atoms with Crippen LogP contribution in [-0.4, -0.2) is 44.0 Å². The number of hydrogen-bond donors (Lipinski definition) is 2. The van der Waals surface area contributed by atoms with Gasteiger partial charge in [0, 0.05) is 25.7 Å². The van der Waals surface area contributed by atoms with Gasteiger partial charge in [-0.2, -0.15) is 0 Å². The lowest BCUT2D eigenvalue weighted by molar-refractivity contribution is -0.116. The van der Waals surface area contributed by atoms with E-state index in [1.54, 1.807) is 6.08 Å². The standard InChI is InChI=1S/C10H17N3O.ClH/c1-3-8-13(2)9-4-5-10(14)12-7-6-11;/h1,4-5H,6-9,11H2,2H3,(H,12,14);1H/b5-4+;. The summed E-state index contributed by atoms with van der Waals surface area (Å²) in [6.07, 6.45) is 8.37. The summed E-state index contributed by atoms with van der Waals surface area (Å²) < 4.78 is 0. The lowest BCUT2D eigenvalue weighted by Gasteiger charge is -2.08. The Labute approximate surface area is 97.3 Å². The number of nitrogens with one attached hydrogen (secondary N) is 1. The summed E-state index contributed by atoms with van der Waals surface area (Å²) in [5.74, 6) is 2.39. The molecular formula is C10H18ClN3O. The Hall–Kier alpha value is -1.02. The second-order valence-corrected chi connectivity index (χ2v) is 2.88. The third-order valence-corrected chi connectivity index (χ3v) is 1.49. The van der Waals surface area contributed by atoms with Gasteiger partial charge in [-0.15, -0.1) is 18.8 Å². The van der Waals surface area contributed by atoms with Gasteiger partial charge in [0.15, 0.2) is 0 Å². The first kappa shape index (κ1) is 16.4. The van der Waals surface area contributed by atoms with E-state index in [4.69, 9.17) is 12.2 Å². The Balaban J connectivity index is 0. The molecule has 0 fully saturated rings. The second kappa shape index (κ2) is 11.1. The van der Waals surface area contributed by atoms with Crippen molar-refractivity contribution in [3.63, 3.8) is 0 Å². The van der Waals surface area contributed by atoms with Crippen LogP contribution in [-0.2, 0) is 4.79 Å². The molecule has 86 valence electrons. The number of likely N-dealkylation sites (N-methyl/N-ethyl adjacent to an activating group) is 1. The van der Waals surface area contributed by atoms with Crippen LogP contribution in [0, 0.1) is 12.3 Å². The van der Waals surface area contributed by atoms with Crippen molar-refractivity contribution in [3.05, 3.63) is 12.2 Å². The first-order valence-corrected chi connectivity index (χ1v) is 4.47. The smallest absolute Gasteiger partial charge is 0.243 e. The molecule has 3 N–H and O–H groups in total. The van der Waals surface area contributed by atoms with E-state index >= 15 is 0 Å². The molecule has 5 heteroatoms. The van der Waals surface area contributed by atoms with Crippen molar-refractivity contribution in [2.45, 2.75) is 0 Å². The molecule has 0 aromatic carbocycles. The van der Waals surface area contributed by atoms with Crippen LogP contribution in [0.25, 0.3) is 0 Å². The van der Waals surface area contributed by atoms with E-state index in [0.29, 0.717) is 26.2 Å². The minimum Gasteiger partial charge on any atom is -0.351 e. The summed E-state index contributed by atoms with van der Waals surface area (Å²) in [6, 6.07) is 0. The summed E-state index contributed by atoms with van der Waals surface area (Å²) in [7, 11) is 1.89. The minimum absolute atomic E-state index is 0. The highest BCUT2D eigenvalue weighted by Gasteiger charge is 1.93. The fourth-order valence-electron chi connectivity index (χ4n) is 0.814. The Kier molecular flexibility index (Phi) is 12.1. The van der Waals surface area contributed by atoms with Crippen LogP contribution >= 0.6 is 12.4 Å². The molecule has 0 radical (unpaired) electrons. The van der Waals surface area contributed by atoms with Crippen molar-refractivity contribution < 1.29 is 4.79 Å². The van der Waals surface area contributed by atoms with E-state index in [0.717, 1.165) is 0 Å². The second-order valence-electron chi connectivity index (χ2n) is 2.88. The average molecular weight is 232 g/mol. The molecule has 0 aromatic heterocycles. The van der Waals surface area contributed by atoms with Crippen molar-refractivity contribution in [3.8, 4) is 12.3 Å². The van der Waals surface area contributed by atoms with E-state index in [-0.39, 0.29) is 18.3 Å². The maximum atomic E-state index is 11.0. The minimum atomic E-state index is -0.121. The predicted octanol–water partition coefficient (Wildman–Crippen LogP) is -0.396. The first-order chi connectivity index (χ1) is 6.70. The predicted molar refractivity (Wildman–Crippen MR) is 64.8 cm³/mol. The molecule has 0 aliphatic carbocycles. The average Bonchev–Trinajstić information content (AvgIpc) is 2.15. The third kappa shape index (κ3) is 10.9. The molecule has 0 rings (SSSR count). The van der Waals surface area contributed by atoms with Crippen LogP contribution in [0.3, 0.4) is 0 Å². The largest absolute Gasteiger partial charge is 0.351 e. The molecule has 15 heavy (non-hydrogen) atoms. The van der Waals surface area contributed by atoms with E-state index in [1.165, 1.54) is 6.08 Å². The number of amides is 1. The summed E-state index contributed by atoms with van der Waals surface area (Å²) in [5.41, 5.74) is 5.22. The van der Waals surface area contributed by atoms with Gasteiger partial charge >= 0.3 is 0 Å². The highest BCUT2D eigenvalue weighted by atomic mass is 35.5. The van der Waals surface area contributed by atoms with Gasteiger partial charge in [0.2, 0.25) is 5.91 Å². The van der Waals surface area contributed by atoms with Crippen molar-refractivity contribution in [1.29, 1.82) is 0 Å². The zero-order valence-electron chi connectivity index (χ0n) is 8.90. The molecular weight excluding hydrogens is 214 g/mol. The van der Waals surface area contributed by atoms with Gasteiger partial charge in [0.25, 0.3) is 0 Å². The van der Waals surface area contributed by atoms with Gasteiger partial charge in [-0.1, -0.05) is 12.0 Å². The summed E-state index contributed by atoms with van der Waals surface area (Å²) in [6.45, 7) is 2.20. The topological polar surface area (TPSA) is 58.4 Å². The maximum Gasteiger partial charge on any atom is 0.243 e. The number of hydrogen-bond acceptors (Lipinski definition) is 3. The van der Waals surface area contributed by atoms with Crippen LogP contribution in [0.2, 0.25) is 0 Å². The van der Waals surface area contributed by atoms with Gasteiger partial charge in [0.1, 0.15) is 0 Å². The number of carbonyl (C=O) groups is 1. The number of terminal acetylenes is 1. The fraction of sp³-hybridized carbons (Fsp3) is 0.500. The lowest BCUT2D eigenvalue weighted by Crippen LogP contribution is -2.27. The van der Waals surface area contributed by atoms with Crippen LogP contribution in [0.1, 0.15) is 0 Å². The Morgan fingerprint density at radius 2 is 2.33 bits per heavy atom. The monoisotopic (exact) mass is 231 g/mol. The Morgan fingerprint density at radius 1 is 1.67 bits per heavy atom. The van der Waals surface area contributed by atoms with Crippen LogP contribution < -0.4 is 11.1 Å². The van der Waals surface area contributed by atoms with Crippen LogP contribution in [0.15, 0.2) is 12.2 Å².